The van der Waals surface area contributed by atoms with Crippen molar-refractivity contribution in [1.29, 1.82) is 0 Å². The van der Waals surface area contributed by atoms with Gasteiger partial charge in [-0.15, -0.1) is 0 Å². The molecule has 0 aromatic heterocycles. The normalized spacial score (nSPS) is 11.4. The highest BCUT2D eigenvalue weighted by atomic mass is 35.5. The topological polar surface area (TPSA) is 81.7 Å². The predicted octanol–water partition coefficient (Wildman–Crippen LogP) is 2.68. The third-order valence-corrected chi connectivity index (χ3v) is 3.98. The van der Waals surface area contributed by atoms with E-state index < -0.39 is 47.7 Å². The van der Waals surface area contributed by atoms with Crippen LogP contribution in [0.4, 0.5) is 8.78 Å². The van der Waals surface area contributed by atoms with E-state index in [9.17, 15) is 23.2 Å². The van der Waals surface area contributed by atoms with Crippen LogP contribution in [-0.4, -0.2) is 37.6 Å². The number of amides is 1. The van der Waals surface area contributed by atoms with E-state index in [2.05, 4.69) is 10.1 Å². The smallest absolute Gasteiger partial charge is 0.340 e. The third-order valence-electron chi connectivity index (χ3n) is 3.67. The van der Waals surface area contributed by atoms with Gasteiger partial charge >= 0.3 is 11.9 Å². The average molecular weight is 412 g/mol. The van der Waals surface area contributed by atoms with Gasteiger partial charge in [-0.3, -0.25) is 4.79 Å². The number of carbonyl (C=O) groups excluding carboxylic acids is 3. The molecule has 0 radical (unpaired) electrons. The molecule has 2 aromatic rings. The van der Waals surface area contributed by atoms with Crippen LogP contribution in [-0.2, 0) is 25.5 Å². The number of benzene rings is 2. The maximum absolute atomic E-state index is 13.3. The first-order chi connectivity index (χ1) is 13.3. The minimum atomic E-state index is -1.28. The Kier molecular flexibility index (Phi) is 7.45. The van der Waals surface area contributed by atoms with Gasteiger partial charge in [0.15, 0.2) is 18.2 Å². The highest BCUT2D eigenvalue weighted by Crippen LogP contribution is 2.20. The molecule has 0 aliphatic rings. The Morgan fingerprint density at radius 2 is 1.75 bits per heavy atom. The predicted molar refractivity (Wildman–Crippen MR) is 95.7 cm³/mol. The van der Waals surface area contributed by atoms with E-state index in [0.29, 0.717) is 12.1 Å². The zero-order valence-corrected chi connectivity index (χ0v) is 15.5. The highest BCUT2D eigenvalue weighted by Gasteiger charge is 2.23. The van der Waals surface area contributed by atoms with Gasteiger partial charge in [-0.1, -0.05) is 41.9 Å². The molecule has 1 atom stereocenters. The number of carbonyl (C=O) groups is 3. The first kappa shape index (κ1) is 21.3. The number of halogens is 3. The lowest BCUT2D eigenvalue weighted by atomic mass is 10.1. The Morgan fingerprint density at radius 3 is 2.39 bits per heavy atom. The summed E-state index contributed by atoms with van der Waals surface area (Å²) in [4.78, 5) is 35.9. The number of ether oxygens (including phenoxy) is 2. The fraction of sp³-hybridized carbons (Fsp3) is 0.211. The van der Waals surface area contributed by atoms with Crippen molar-refractivity contribution in [3.05, 3.63) is 70.2 Å². The quantitative estimate of drug-likeness (QED) is 0.559. The molecule has 9 heteroatoms. The van der Waals surface area contributed by atoms with Crippen LogP contribution in [0.3, 0.4) is 0 Å². The van der Waals surface area contributed by atoms with E-state index in [1.807, 2.05) is 0 Å². The second-order valence-electron chi connectivity index (χ2n) is 5.66. The molecule has 28 heavy (non-hydrogen) atoms. The van der Waals surface area contributed by atoms with Crippen molar-refractivity contribution < 1.29 is 32.6 Å². The summed E-state index contributed by atoms with van der Waals surface area (Å²) in [5, 5.41) is 2.04. The third kappa shape index (κ3) is 5.75. The molecule has 0 bridgehead atoms. The zero-order chi connectivity index (χ0) is 20.7. The first-order valence-corrected chi connectivity index (χ1v) is 8.42. The minimum absolute atomic E-state index is 0.169. The van der Waals surface area contributed by atoms with Gasteiger partial charge in [-0.2, -0.15) is 0 Å². The van der Waals surface area contributed by atoms with Gasteiger partial charge in [-0.25, -0.2) is 18.4 Å². The van der Waals surface area contributed by atoms with Crippen LogP contribution in [0.25, 0.3) is 0 Å². The van der Waals surface area contributed by atoms with Gasteiger partial charge in [0, 0.05) is 6.42 Å². The summed E-state index contributed by atoms with van der Waals surface area (Å²) in [6.45, 7) is -0.754. The molecular formula is C19H16ClF2NO5. The number of nitrogens with one attached hydrogen (secondary N) is 1. The summed E-state index contributed by atoms with van der Waals surface area (Å²) in [5.41, 5.74) is 0.353. The van der Waals surface area contributed by atoms with Crippen LogP contribution in [0, 0.1) is 11.6 Å². The SMILES string of the molecule is COC(=O)[C@@H](Cc1ccccc1)NC(=O)COC(=O)c1cc(F)c(F)cc1Cl. The van der Waals surface area contributed by atoms with Gasteiger partial charge in [0.25, 0.3) is 5.91 Å². The molecule has 1 N–H and O–H groups in total. The Hall–Kier alpha value is -3.00. The number of methoxy groups -OCH3 is 1. The second kappa shape index (κ2) is 9.80. The molecule has 0 heterocycles. The summed E-state index contributed by atoms with van der Waals surface area (Å²) >= 11 is 5.68. The fourth-order valence-corrected chi connectivity index (χ4v) is 2.54. The van der Waals surface area contributed by atoms with Crippen molar-refractivity contribution in [1.82, 2.24) is 5.32 Å². The molecule has 0 aliphatic carbocycles. The minimum Gasteiger partial charge on any atom is -0.467 e. The average Bonchev–Trinajstić information content (AvgIpc) is 2.68. The number of hydrogen-bond acceptors (Lipinski definition) is 5. The lowest BCUT2D eigenvalue weighted by Gasteiger charge is -2.16. The van der Waals surface area contributed by atoms with Crippen molar-refractivity contribution in [3.63, 3.8) is 0 Å². The number of hydrogen-bond donors (Lipinski definition) is 1. The molecule has 0 aliphatic heterocycles. The van der Waals surface area contributed by atoms with Crippen molar-refractivity contribution in [2.45, 2.75) is 12.5 Å². The molecule has 2 rings (SSSR count). The molecule has 0 spiro atoms. The second-order valence-corrected chi connectivity index (χ2v) is 6.06. The van der Waals surface area contributed by atoms with Gasteiger partial charge in [0.2, 0.25) is 0 Å². The van der Waals surface area contributed by atoms with Crippen molar-refractivity contribution >= 4 is 29.4 Å². The Bertz CT molecular complexity index is 876. The molecule has 0 saturated heterocycles. The molecule has 148 valence electrons. The van der Waals surface area contributed by atoms with E-state index in [-0.39, 0.29) is 11.4 Å². The van der Waals surface area contributed by atoms with Crippen LogP contribution in [0.15, 0.2) is 42.5 Å². The van der Waals surface area contributed by atoms with Crippen molar-refractivity contribution in [2.75, 3.05) is 13.7 Å². The molecule has 2 aromatic carbocycles. The molecule has 6 nitrogen and oxygen atoms in total. The van der Waals surface area contributed by atoms with E-state index in [0.717, 1.165) is 5.56 Å². The van der Waals surface area contributed by atoms with E-state index in [4.69, 9.17) is 16.3 Å². The van der Waals surface area contributed by atoms with E-state index in [1.165, 1.54) is 7.11 Å². The van der Waals surface area contributed by atoms with Crippen molar-refractivity contribution in [2.24, 2.45) is 0 Å². The summed E-state index contributed by atoms with van der Waals surface area (Å²) in [6, 6.07) is 9.10. The number of esters is 2. The van der Waals surface area contributed by atoms with Crippen molar-refractivity contribution in [3.8, 4) is 0 Å². The van der Waals surface area contributed by atoms with Crippen LogP contribution in [0.5, 0.6) is 0 Å². The zero-order valence-electron chi connectivity index (χ0n) is 14.7. The van der Waals surface area contributed by atoms with Crippen LogP contribution >= 0.6 is 11.6 Å². The summed E-state index contributed by atoms with van der Waals surface area (Å²) < 4.78 is 35.7. The Balaban J connectivity index is 1.98. The lowest BCUT2D eigenvalue weighted by molar-refractivity contribution is -0.145. The molecular weight excluding hydrogens is 396 g/mol. The first-order valence-electron chi connectivity index (χ1n) is 8.04. The molecule has 0 saturated carbocycles. The monoisotopic (exact) mass is 411 g/mol. The number of rotatable bonds is 7. The molecule has 0 unspecified atom stereocenters. The summed E-state index contributed by atoms with van der Waals surface area (Å²) in [7, 11) is 1.18. The standard InChI is InChI=1S/C19H16ClF2NO5/c1-27-19(26)16(7-11-5-3-2-4-6-11)23-17(24)10-28-18(25)12-8-14(21)15(22)9-13(12)20/h2-6,8-9,16H,7,10H2,1H3,(H,23,24)/t16-/m1/s1. The Morgan fingerprint density at radius 1 is 1.11 bits per heavy atom. The van der Waals surface area contributed by atoms with E-state index in [1.54, 1.807) is 30.3 Å². The molecule has 0 fully saturated rings. The van der Waals surface area contributed by atoms with Gasteiger partial charge < -0.3 is 14.8 Å². The highest BCUT2D eigenvalue weighted by molar-refractivity contribution is 6.33. The van der Waals surface area contributed by atoms with Gasteiger partial charge in [-0.05, 0) is 17.7 Å². The largest absolute Gasteiger partial charge is 0.467 e. The van der Waals surface area contributed by atoms with Crippen LogP contribution in [0.2, 0.25) is 5.02 Å². The fourth-order valence-electron chi connectivity index (χ4n) is 2.31. The maximum Gasteiger partial charge on any atom is 0.340 e. The van der Waals surface area contributed by atoms with Crippen LogP contribution < -0.4 is 5.32 Å². The van der Waals surface area contributed by atoms with Gasteiger partial charge in [0.05, 0.1) is 17.7 Å². The summed E-state index contributed by atoms with van der Waals surface area (Å²) in [6.07, 6.45) is 0.169. The van der Waals surface area contributed by atoms with Gasteiger partial charge in [0.1, 0.15) is 6.04 Å². The van der Waals surface area contributed by atoms with E-state index >= 15 is 0 Å². The van der Waals surface area contributed by atoms with Crippen LogP contribution in [0.1, 0.15) is 15.9 Å². The molecule has 1 amide bonds. The maximum atomic E-state index is 13.3. The summed E-state index contributed by atoms with van der Waals surface area (Å²) in [5.74, 6) is -5.07. The Labute approximate surface area is 164 Å². The lowest BCUT2D eigenvalue weighted by Crippen LogP contribution is -2.44.